The molecule has 1 N–H and O–H groups in total. The Morgan fingerprint density at radius 2 is 2.03 bits per heavy atom. The Morgan fingerprint density at radius 1 is 1.28 bits per heavy atom. The number of aromatic nitrogens is 2. The number of fused-ring (bicyclic) bond motifs is 1. The van der Waals surface area contributed by atoms with E-state index in [-0.39, 0.29) is 53.0 Å². The van der Waals surface area contributed by atoms with Crippen molar-refractivity contribution in [1.29, 1.82) is 0 Å². The van der Waals surface area contributed by atoms with Crippen LogP contribution in [0.5, 0.6) is 0 Å². The van der Waals surface area contributed by atoms with E-state index in [1.807, 2.05) is 0 Å². The van der Waals surface area contributed by atoms with Crippen molar-refractivity contribution in [1.82, 2.24) is 20.4 Å². The molecule has 1 saturated carbocycles. The molecule has 154 valence electrons. The van der Waals surface area contributed by atoms with Gasteiger partial charge in [0.15, 0.2) is 0 Å². The summed E-state index contributed by atoms with van der Waals surface area (Å²) in [5.41, 5.74) is 0.446. The summed E-state index contributed by atoms with van der Waals surface area (Å²) in [6.45, 7) is 1.52. The minimum Gasteiger partial charge on any atom is -0.415 e. The number of hydrogen-bond acceptors (Lipinski definition) is 5. The standard InChI is InChI=1S/C19H19F3N4O3/c1-9(27)23-14-4-2-3-5-15(14)26-8-12-11(19(26)28)6-10(7-13(12)20)17-24-25-18(29-17)16(21)22/h6-7,14-16H,2-5,8H2,1H3,(H,23,27)/t14-,15-/m1/s1. The zero-order valence-electron chi connectivity index (χ0n) is 15.6. The van der Waals surface area contributed by atoms with Gasteiger partial charge in [0.1, 0.15) is 5.82 Å². The van der Waals surface area contributed by atoms with E-state index in [2.05, 4.69) is 15.5 Å². The summed E-state index contributed by atoms with van der Waals surface area (Å²) < 4.78 is 45.0. The Labute approximate surface area is 164 Å². The van der Waals surface area contributed by atoms with Gasteiger partial charge in [-0.05, 0) is 25.0 Å². The molecule has 10 heteroatoms. The highest BCUT2D eigenvalue weighted by Crippen LogP contribution is 2.35. The van der Waals surface area contributed by atoms with Crippen molar-refractivity contribution in [2.24, 2.45) is 0 Å². The van der Waals surface area contributed by atoms with Crippen LogP contribution in [0.25, 0.3) is 11.5 Å². The molecular weight excluding hydrogens is 389 g/mol. The summed E-state index contributed by atoms with van der Waals surface area (Å²) >= 11 is 0. The molecule has 1 aromatic carbocycles. The monoisotopic (exact) mass is 408 g/mol. The van der Waals surface area contributed by atoms with Gasteiger partial charge >= 0.3 is 6.43 Å². The maximum Gasteiger partial charge on any atom is 0.314 e. The molecule has 1 aliphatic carbocycles. The van der Waals surface area contributed by atoms with Gasteiger partial charge in [-0.15, -0.1) is 10.2 Å². The summed E-state index contributed by atoms with van der Waals surface area (Å²) in [5.74, 6) is -2.32. The largest absolute Gasteiger partial charge is 0.415 e. The molecule has 4 rings (SSSR count). The van der Waals surface area contributed by atoms with Crippen LogP contribution in [-0.4, -0.2) is 39.0 Å². The van der Waals surface area contributed by atoms with E-state index in [9.17, 15) is 22.8 Å². The Kier molecular flexibility index (Phi) is 5.01. The Hall–Kier alpha value is -2.91. The average molecular weight is 408 g/mol. The van der Waals surface area contributed by atoms with Crippen LogP contribution in [-0.2, 0) is 11.3 Å². The van der Waals surface area contributed by atoms with E-state index >= 15 is 0 Å². The van der Waals surface area contributed by atoms with Gasteiger partial charge in [0.05, 0.1) is 12.6 Å². The fourth-order valence-corrected chi connectivity index (χ4v) is 4.13. The fourth-order valence-electron chi connectivity index (χ4n) is 4.13. The number of carbonyl (C=O) groups excluding carboxylic acids is 2. The first-order valence-corrected chi connectivity index (χ1v) is 9.37. The smallest absolute Gasteiger partial charge is 0.314 e. The van der Waals surface area contributed by atoms with Crippen molar-refractivity contribution >= 4 is 11.8 Å². The molecule has 2 heterocycles. The van der Waals surface area contributed by atoms with E-state index < -0.39 is 18.1 Å². The number of amides is 2. The maximum absolute atomic E-state index is 14.7. The third kappa shape index (κ3) is 3.58. The van der Waals surface area contributed by atoms with Crippen LogP contribution in [0, 0.1) is 5.82 Å². The molecule has 1 aliphatic heterocycles. The summed E-state index contributed by atoms with van der Waals surface area (Å²) in [6, 6.07) is 2.07. The maximum atomic E-state index is 14.7. The number of benzene rings is 1. The van der Waals surface area contributed by atoms with E-state index in [0.29, 0.717) is 6.42 Å². The Balaban J connectivity index is 1.64. The number of alkyl halides is 2. The molecule has 1 fully saturated rings. The lowest BCUT2D eigenvalue weighted by atomic mass is 9.89. The lowest BCUT2D eigenvalue weighted by molar-refractivity contribution is -0.120. The Bertz CT molecular complexity index is 962. The predicted molar refractivity (Wildman–Crippen MR) is 94.4 cm³/mol. The summed E-state index contributed by atoms with van der Waals surface area (Å²) in [6.07, 6.45) is 0.368. The molecule has 2 amide bonds. The number of nitrogens with one attached hydrogen (secondary N) is 1. The molecule has 2 atom stereocenters. The van der Waals surface area contributed by atoms with Gasteiger partial charge in [-0.3, -0.25) is 9.59 Å². The first kappa shape index (κ1) is 19.4. The zero-order chi connectivity index (χ0) is 20.7. The van der Waals surface area contributed by atoms with Crippen molar-refractivity contribution < 1.29 is 27.2 Å². The minimum atomic E-state index is -2.94. The zero-order valence-corrected chi connectivity index (χ0v) is 15.6. The van der Waals surface area contributed by atoms with Crippen LogP contribution in [0.3, 0.4) is 0 Å². The molecule has 0 unspecified atom stereocenters. The minimum absolute atomic E-state index is 0.0675. The van der Waals surface area contributed by atoms with E-state index in [1.165, 1.54) is 13.0 Å². The molecule has 0 saturated heterocycles. The van der Waals surface area contributed by atoms with Gasteiger partial charge in [-0.2, -0.15) is 8.78 Å². The Morgan fingerprint density at radius 3 is 2.72 bits per heavy atom. The summed E-state index contributed by atoms with van der Waals surface area (Å²) in [4.78, 5) is 26.1. The van der Waals surface area contributed by atoms with Gasteiger partial charge in [0.2, 0.25) is 11.8 Å². The second kappa shape index (κ2) is 7.49. The number of carbonyl (C=O) groups is 2. The van der Waals surface area contributed by atoms with E-state index in [4.69, 9.17) is 4.42 Å². The predicted octanol–water partition coefficient (Wildman–Crippen LogP) is 3.22. The quantitative estimate of drug-likeness (QED) is 0.839. The normalized spacial score (nSPS) is 21.6. The average Bonchev–Trinajstić information content (AvgIpc) is 3.28. The summed E-state index contributed by atoms with van der Waals surface area (Å²) in [7, 11) is 0. The molecule has 7 nitrogen and oxygen atoms in total. The van der Waals surface area contributed by atoms with E-state index in [1.54, 1.807) is 4.90 Å². The third-order valence-electron chi connectivity index (χ3n) is 5.41. The molecule has 1 aromatic heterocycles. The SMILES string of the molecule is CC(=O)N[C@@H]1CCCC[C@H]1N1Cc2c(F)cc(-c3nnc(C(F)F)o3)cc2C1=O. The fraction of sp³-hybridized carbons (Fsp3) is 0.474. The molecule has 2 aliphatic rings. The van der Waals surface area contributed by atoms with Gasteiger partial charge in [-0.25, -0.2) is 4.39 Å². The van der Waals surface area contributed by atoms with Gasteiger partial charge in [-0.1, -0.05) is 12.8 Å². The van der Waals surface area contributed by atoms with Crippen molar-refractivity contribution in [3.8, 4) is 11.5 Å². The van der Waals surface area contributed by atoms with Crippen LogP contribution < -0.4 is 5.32 Å². The second-order valence-corrected chi connectivity index (χ2v) is 7.32. The second-order valence-electron chi connectivity index (χ2n) is 7.32. The topological polar surface area (TPSA) is 88.3 Å². The lowest BCUT2D eigenvalue weighted by Gasteiger charge is -2.38. The molecule has 0 radical (unpaired) electrons. The highest BCUT2D eigenvalue weighted by molar-refractivity contribution is 5.99. The van der Waals surface area contributed by atoms with E-state index in [0.717, 1.165) is 25.3 Å². The van der Waals surface area contributed by atoms with Gasteiger partial charge in [0, 0.05) is 29.7 Å². The van der Waals surface area contributed by atoms with Gasteiger partial charge in [0.25, 0.3) is 11.8 Å². The van der Waals surface area contributed by atoms with Crippen molar-refractivity contribution in [3.63, 3.8) is 0 Å². The number of hydrogen-bond donors (Lipinski definition) is 1. The number of nitrogens with zero attached hydrogens (tertiary/aromatic N) is 3. The first-order chi connectivity index (χ1) is 13.8. The summed E-state index contributed by atoms with van der Waals surface area (Å²) in [5, 5.41) is 9.64. The van der Waals surface area contributed by atoms with Crippen LogP contribution in [0.4, 0.5) is 13.2 Å². The molecule has 2 aromatic rings. The highest BCUT2D eigenvalue weighted by Gasteiger charge is 2.39. The number of halogens is 3. The van der Waals surface area contributed by atoms with Crippen LogP contribution in [0.2, 0.25) is 0 Å². The lowest BCUT2D eigenvalue weighted by Crippen LogP contribution is -2.53. The van der Waals surface area contributed by atoms with Gasteiger partial charge < -0.3 is 14.6 Å². The highest BCUT2D eigenvalue weighted by atomic mass is 19.3. The van der Waals surface area contributed by atoms with Crippen LogP contribution in [0.15, 0.2) is 16.5 Å². The molecular formula is C19H19F3N4O3. The van der Waals surface area contributed by atoms with Crippen LogP contribution in [0.1, 0.15) is 60.8 Å². The van der Waals surface area contributed by atoms with Crippen LogP contribution >= 0.6 is 0 Å². The third-order valence-corrected chi connectivity index (χ3v) is 5.41. The molecule has 29 heavy (non-hydrogen) atoms. The first-order valence-electron chi connectivity index (χ1n) is 9.37. The van der Waals surface area contributed by atoms with Crippen molar-refractivity contribution in [2.75, 3.05) is 0 Å². The molecule has 0 spiro atoms. The molecule has 0 bridgehead atoms. The van der Waals surface area contributed by atoms with Crippen molar-refractivity contribution in [2.45, 2.75) is 57.7 Å². The number of rotatable bonds is 4. The van der Waals surface area contributed by atoms with Crippen molar-refractivity contribution in [3.05, 3.63) is 35.0 Å².